The third-order valence-electron chi connectivity index (χ3n) is 4.77. The summed E-state index contributed by atoms with van der Waals surface area (Å²) in [7, 11) is 0. The normalized spacial score (nSPS) is 17.0. The summed E-state index contributed by atoms with van der Waals surface area (Å²) in [4.78, 5) is 18.5. The molecule has 1 amide bonds. The molecule has 5 nitrogen and oxygen atoms in total. The molecule has 1 saturated heterocycles. The molecule has 1 aromatic heterocycles. The van der Waals surface area contributed by atoms with Gasteiger partial charge in [0.2, 0.25) is 0 Å². The lowest BCUT2D eigenvalue weighted by atomic mass is 9.96. The molecule has 0 aliphatic carbocycles. The molecule has 1 aliphatic rings. The zero-order valence-electron chi connectivity index (χ0n) is 14.7. The van der Waals surface area contributed by atoms with Crippen molar-refractivity contribution in [2.45, 2.75) is 18.8 Å². The van der Waals surface area contributed by atoms with E-state index in [-0.39, 0.29) is 23.2 Å². The molecule has 0 bridgehead atoms. The predicted molar refractivity (Wildman–Crippen MR) is 93.9 cm³/mol. The predicted octanol–water partition coefficient (Wildman–Crippen LogP) is 4.17. The van der Waals surface area contributed by atoms with Crippen LogP contribution in [0.5, 0.6) is 0 Å². The van der Waals surface area contributed by atoms with E-state index in [1.807, 2.05) is 0 Å². The van der Waals surface area contributed by atoms with E-state index < -0.39 is 17.5 Å². The van der Waals surface area contributed by atoms with Gasteiger partial charge in [0.25, 0.3) is 11.8 Å². The molecule has 1 aliphatic heterocycles. The van der Waals surface area contributed by atoms with Crippen molar-refractivity contribution in [1.82, 2.24) is 15.0 Å². The maximum atomic E-state index is 13.9. The molecular formula is C20H16F3N3O2. The number of hydrogen-bond acceptors (Lipinski definition) is 4. The van der Waals surface area contributed by atoms with Crippen LogP contribution in [0.25, 0.3) is 11.5 Å². The molecule has 0 spiro atoms. The first-order chi connectivity index (χ1) is 13.5. The fourth-order valence-corrected chi connectivity index (χ4v) is 3.32. The molecule has 0 saturated carbocycles. The van der Waals surface area contributed by atoms with Gasteiger partial charge < -0.3 is 9.42 Å². The zero-order valence-corrected chi connectivity index (χ0v) is 14.7. The van der Waals surface area contributed by atoms with Gasteiger partial charge in [0, 0.05) is 30.6 Å². The van der Waals surface area contributed by atoms with Gasteiger partial charge in [-0.3, -0.25) is 4.79 Å². The van der Waals surface area contributed by atoms with E-state index in [0.717, 1.165) is 18.6 Å². The minimum absolute atomic E-state index is 0.165. The van der Waals surface area contributed by atoms with E-state index >= 15 is 0 Å². The number of nitrogens with zero attached hydrogens (tertiary/aromatic N) is 3. The molecule has 28 heavy (non-hydrogen) atoms. The summed E-state index contributed by atoms with van der Waals surface area (Å²) >= 11 is 0. The number of halogens is 3. The van der Waals surface area contributed by atoms with Crippen LogP contribution in [0.4, 0.5) is 13.2 Å². The summed E-state index contributed by atoms with van der Waals surface area (Å²) in [6, 6.07) is 8.60. The fraction of sp³-hybridized carbons (Fsp3) is 0.250. The quantitative estimate of drug-likeness (QED) is 0.677. The average Bonchev–Trinajstić information content (AvgIpc) is 3.18. The molecule has 0 N–H and O–H groups in total. The number of aromatic nitrogens is 2. The molecule has 1 atom stereocenters. The molecular weight excluding hydrogens is 371 g/mol. The number of likely N-dealkylation sites (tertiary alicyclic amines) is 1. The van der Waals surface area contributed by atoms with Gasteiger partial charge in [-0.05, 0) is 49.2 Å². The summed E-state index contributed by atoms with van der Waals surface area (Å²) in [5, 5.41) is 3.99. The van der Waals surface area contributed by atoms with E-state index in [9.17, 15) is 18.0 Å². The average molecular weight is 387 g/mol. The van der Waals surface area contributed by atoms with Crippen molar-refractivity contribution in [2.75, 3.05) is 13.1 Å². The van der Waals surface area contributed by atoms with E-state index in [1.54, 1.807) is 12.1 Å². The Morgan fingerprint density at radius 2 is 1.82 bits per heavy atom. The summed E-state index contributed by atoms with van der Waals surface area (Å²) in [5.74, 6) is -1.93. The topological polar surface area (TPSA) is 59.2 Å². The van der Waals surface area contributed by atoms with Crippen LogP contribution in [0.1, 0.15) is 34.9 Å². The fourth-order valence-electron chi connectivity index (χ4n) is 3.32. The largest absolute Gasteiger partial charge is 0.338 e. The Bertz CT molecular complexity index is 1000. The van der Waals surface area contributed by atoms with Crippen molar-refractivity contribution in [3.05, 3.63) is 71.3 Å². The maximum Gasteiger partial charge on any atom is 0.257 e. The Labute approximate surface area is 158 Å². The standard InChI is InChI=1S/C20H16F3N3O2/c21-14-5-3-12(4-6-14)19-24-18(25-28-19)13-2-1-9-26(11-13)20(27)16-8-7-15(22)10-17(16)23/h3-8,10,13H,1-2,9,11H2. The maximum absolute atomic E-state index is 13.9. The van der Waals surface area contributed by atoms with Crippen molar-refractivity contribution in [1.29, 1.82) is 0 Å². The van der Waals surface area contributed by atoms with Crippen molar-refractivity contribution in [3.63, 3.8) is 0 Å². The van der Waals surface area contributed by atoms with Crippen molar-refractivity contribution in [3.8, 4) is 11.5 Å². The second-order valence-corrected chi connectivity index (χ2v) is 6.68. The highest BCUT2D eigenvalue weighted by atomic mass is 19.1. The first-order valence-corrected chi connectivity index (χ1v) is 8.85. The lowest BCUT2D eigenvalue weighted by Gasteiger charge is -2.31. The van der Waals surface area contributed by atoms with Crippen molar-refractivity contribution < 1.29 is 22.5 Å². The van der Waals surface area contributed by atoms with Gasteiger partial charge in [-0.25, -0.2) is 13.2 Å². The third kappa shape index (κ3) is 3.62. The first kappa shape index (κ1) is 18.2. The van der Waals surface area contributed by atoms with Crippen molar-refractivity contribution in [2.24, 2.45) is 0 Å². The number of hydrogen-bond donors (Lipinski definition) is 0. The summed E-state index contributed by atoms with van der Waals surface area (Å²) < 4.78 is 45.4. The molecule has 4 rings (SSSR count). The summed E-state index contributed by atoms with van der Waals surface area (Å²) in [6.45, 7) is 0.771. The van der Waals surface area contributed by atoms with Gasteiger partial charge >= 0.3 is 0 Å². The van der Waals surface area contributed by atoms with Crippen LogP contribution in [0, 0.1) is 17.5 Å². The number of carbonyl (C=O) groups is 1. The van der Waals surface area contributed by atoms with Gasteiger partial charge in [0.1, 0.15) is 17.5 Å². The van der Waals surface area contributed by atoms with Gasteiger partial charge in [-0.2, -0.15) is 4.98 Å². The Morgan fingerprint density at radius 3 is 2.57 bits per heavy atom. The number of rotatable bonds is 3. The molecule has 2 aromatic carbocycles. The lowest BCUT2D eigenvalue weighted by Crippen LogP contribution is -2.39. The van der Waals surface area contributed by atoms with Gasteiger partial charge in [-0.15, -0.1) is 0 Å². The van der Waals surface area contributed by atoms with Gasteiger partial charge in [0.05, 0.1) is 5.56 Å². The number of amides is 1. The molecule has 2 heterocycles. The number of piperidine rings is 1. The molecule has 8 heteroatoms. The minimum atomic E-state index is -0.884. The van der Waals surface area contributed by atoms with Crippen LogP contribution in [-0.4, -0.2) is 34.0 Å². The van der Waals surface area contributed by atoms with E-state index in [1.165, 1.54) is 17.0 Å². The van der Waals surface area contributed by atoms with Gasteiger partial charge in [0.15, 0.2) is 5.82 Å². The van der Waals surface area contributed by atoms with Crippen LogP contribution in [0.3, 0.4) is 0 Å². The molecule has 1 unspecified atom stereocenters. The highest BCUT2D eigenvalue weighted by Crippen LogP contribution is 2.28. The van der Waals surface area contributed by atoms with Gasteiger partial charge in [-0.1, -0.05) is 5.16 Å². The van der Waals surface area contributed by atoms with E-state index in [2.05, 4.69) is 10.1 Å². The summed E-state index contributed by atoms with van der Waals surface area (Å²) in [5.41, 5.74) is 0.430. The Morgan fingerprint density at radius 1 is 1.07 bits per heavy atom. The second-order valence-electron chi connectivity index (χ2n) is 6.68. The van der Waals surface area contributed by atoms with E-state index in [0.29, 0.717) is 37.0 Å². The summed E-state index contributed by atoms with van der Waals surface area (Å²) in [6.07, 6.45) is 1.44. The first-order valence-electron chi connectivity index (χ1n) is 8.85. The lowest BCUT2D eigenvalue weighted by molar-refractivity contribution is 0.0698. The number of benzene rings is 2. The zero-order chi connectivity index (χ0) is 19.7. The van der Waals surface area contributed by atoms with Crippen LogP contribution in [0.2, 0.25) is 0 Å². The highest BCUT2D eigenvalue weighted by molar-refractivity contribution is 5.94. The highest BCUT2D eigenvalue weighted by Gasteiger charge is 2.29. The Hall–Kier alpha value is -3.16. The SMILES string of the molecule is O=C(c1ccc(F)cc1F)N1CCCC(c2noc(-c3ccc(F)cc3)n2)C1. The Kier molecular flexibility index (Phi) is 4.85. The molecule has 144 valence electrons. The van der Waals surface area contributed by atoms with E-state index in [4.69, 9.17) is 4.52 Å². The Balaban J connectivity index is 1.51. The van der Waals surface area contributed by atoms with Crippen LogP contribution >= 0.6 is 0 Å². The van der Waals surface area contributed by atoms with Crippen LogP contribution in [-0.2, 0) is 0 Å². The molecule has 3 aromatic rings. The second kappa shape index (κ2) is 7.46. The van der Waals surface area contributed by atoms with Crippen LogP contribution < -0.4 is 0 Å². The third-order valence-corrected chi connectivity index (χ3v) is 4.77. The monoisotopic (exact) mass is 387 g/mol. The molecule has 1 fully saturated rings. The van der Waals surface area contributed by atoms with Crippen LogP contribution in [0.15, 0.2) is 47.0 Å². The minimum Gasteiger partial charge on any atom is -0.338 e. The molecule has 0 radical (unpaired) electrons. The smallest absolute Gasteiger partial charge is 0.257 e. The number of carbonyl (C=O) groups excluding carboxylic acids is 1. The van der Waals surface area contributed by atoms with Crippen molar-refractivity contribution >= 4 is 5.91 Å².